The molecular weight excluding hydrogens is 230 g/mol. The third kappa shape index (κ3) is 3.54. The number of nitrogens with two attached hydrogens (primary N) is 1. The molecule has 0 bridgehead atoms. The maximum atomic E-state index is 5.62. The molecule has 4 heteroatoms. The number of aromatic nitrogens is 1. The lowest BCUT2D eigenvalue weighted by atomic mass is 10.1. The van der Waals surface area contributed by atoms with E-state index < -0.39 is 0 Å². The number of benzene rings is 1. The molecule has 1 aromatic carbocycles. The van der Waals surface area contributed by atoms with Crippen molar-refractivity contribution >= 4 is 16.5 Å². The molecule has 90 valence electrons. The SMILES string of the molecule is Cc1cccc(CN(C)Cc2csc(N)n2)c1. The maximum absolute atomic E-state index is 5.62. The van der Waals surface area contributed by atoms with Gasteiger partial charge in [0.2, 0.25) is 0 Å². The Morgan fingerprint density at radius 1 is 1.35 bits per heavy atom. The first kappa shape index (κ1) is 12.1. The summed E-state index contributed by atoms with van der Waals surface area (Å²) < 4.78 is 0. The smallest absolute Gasteiger partial charge is 0.180 e. The Kier molecular flexibility index (Phi) is 3.76. The lowest BCUT2D eigenvalue weighted by Crippen LogP contribution is -2.17. The summed E-state index contributed by atoms with van der Waals surface area (Å²) in [5.74, 6) is 0. The van der Waals surface area contributed by atoms with E-state index in [4.69, 9.17) is 5.73 Å². The number of nitrogens with zero attached hydrogens (tertiary/aromatic N) is 2. The zero-order valence-electron chi connectivity index (χ0n) is 10.2. The molecule has 0 amide bonds. The van der Waals surface area contributed by atoms with E-state index in [-0.39, 0.29) is 0 Å². The molecule has 0 atom stereocenters. The molecule has 0 aliphatic heterocycles. The molecule has 0 unspecified atom stereocenters. The Labute approximate surface area is 106 Å². The fraction of sp³-hybridized carbons (Fsp3) is 0.308. The Morgan fingerprint density at radius 2 is 2.18 bits per heavy atom. The summed E-state index contributed by atoms with van der Waals surface area (Å²) in [6, 6.07) is 8.58. The van der Waals surface area contributed by atoms with Gasteiger partial charge in [-0.2, -0.15) is 0 Å². The van der Waals surface area contributed by atoms with Gasteiger partial charge in [0.1, 0.15) is 0 Å². The van der Waals surface area contributed by atoms with Gasteiger partial charge in [-0.3, -0.25) is 4.90 Å². The summed E-state index contributed by atoms with van der Waals surface area (Å²) in [4.78, 5) is 6.50. The maximum Gasteiger partial charge on any atom is 0.180 e. The van der Waals surface area contributed by atoms with Crippen molar-refractivity contribution in [3.63, 3.8) is 0 Å². The van der Waals surface area contributed by atoms with Crippen LogP contribution in [0.15, 0.2) is 29.6 Å². The van der Waals surface area contributed by atoms with Gasteiger partial charge < -0.3 is 5.73 Å². The lowest BCUT2D eigenvalue weighted by molar-refractivity contribution is 0.316. The van der Waals surface area contributed by atoms with E-state index in [1.165, 1.54) is 22.5 Å². The van der Waals surface area contributed by atoms with Crippen molar-refractivity contribution in [3.8, 4) is 0 Å². The third-order valence-electron chi connectivity index (χ3n) is 2.54. The molecule has 0 saturated carbocycles. The number of hydrogen-bond acceptors (Lipinski definition) is 4. The molecule has 2 rings (SSSR count). The molecule has 2 N–H and O–H groups in total. The van der Waals surface area contributed by atoms with Gasteiger partial charge in [-0.15, -0.1) is 11.3 Å². The van der Waals surface area contributed by atoms with Crippen LogP contribution in [0.4, 0.5) is 5.13 Å². The van der Waals surface area contributed by atoms with Crippen molar-refractivity contribution in [1.29, 1.82) is 0 Å². The Morgan fingerprint density at radius 3 is 2.82 bits per heavy atom. The van der Waals surface area contributed by atoms with Gasteiger partial charge in [0.15, 0.2) is 5.13 Å². The first-order valence-electron chi connectivity index (χ1n) is 5.57. The monoisotopic (exact) mass is 247 g/mol. The van der Waals surface area contributed by atoms with Crippen LogP contribution < -0.4 is 5.73 Å². The van der Waals surface area contributed by atoms with Crippen molar-refractivity contribution in [2.75, 3.05) is 12.8 Å². The molecule has 0 radical (unpaired) electrons. The summed E-state index contributed by atoms with van der Waals surface area (Å²) in [5, 5.41) is 2.66. The number of rotatable bonds is 4. The summed E-state index contributed by atoms with van der Waals surface area (Å²) >= 11 is 1.50. The largest absolute Gasteiger partial charge is 0.375 e. The van der Waals surface area contributed by atoms with Crippen molar-refractivity contribution < 1.29 is 0 Å². The van der Waals surface area contributed by atoms with Crippen molar-refractivity contribution in [1.82, 2.24) is 9.88 Å². The number of anilines is 1. The number of nitrogen functional groups attached to an aromatic ring is 1. The highest BCUT2D eigenvalue weighted by molar-refractivity contribution is 7.13. The second-order valence-electron chi connectivity index (χ2n) is 4.34. The molecule has 0 saturated heterocycles. The fourth-order valence-electron chi connectivity index (χ4n) is 1.85. The van der Waals surface area contributed by atoms with Crippen LogP contribution in [0.25, 0.3) is 0 Å². The molecule has 17 heavy (non-hydrogen) atoms. The van der Waals surface area contributed by atoms with Crippen LogP contribution in [0, 0.1) is 6.92 Å². The second-order valence-corrected chi connectivity index (χ2v) is 5.23. The van der Waals surface area contributed by atoms with Crippen molar-refractivity contribution in [3.05, 3.63) is 46.5 Å². The van der Waals surface area contributed by atoms with E-state index >= 15 is 0 Å². The predicted molar refractivity (Wildman–Crippen MR) is 72.9 cm³/mol. The van der Waals surface area contributed by atoms with E-state index in [9.17, 15) is 0 Å². The van der Waals surface area contributed by atoms with E-state index in [2.05, 4.69) is 48.1 Å². The van der Waals surface area contributed by atoms with Crippen LogP contribution in [0.1, 0.15) is 16.8 Å². The van der Waals surface area contributed by atoms with Gasteiger partial charge in [0.05, 0.1) is 5.69 Å². The van der Waals surface area contributed by atoms with Crippen molar-refractivity contribution in [2.45, 2.75) is 20.0 Å². The molecule has 0 aliphatic carbocycles. The van der Waals surface area contributed by atoms with Crippen LogP contribution in [0.2, 0.25) is 0 Å². The molecule has 0 aliphatic rings. The number of thiazole rings is 1. The van der Waals surface area contributed by atoms with Crippen LogP contribution in [-0.4, -0.2) is 16.9 Å². The molecule has 3 nitrogen and oxygen atoms in total. The minimum atomic E-state index is 0.643. The van der Waals surface area contributed by atoms with Crippen LogP contribution in [0.5, 0.6) is 0 Å². The van der Waals surface area contributed by atoms with Gasteiger partial charge in [0, 0.05) is 18.5 Å². The Hall–Kier alpha value is -1.39. The molecular formula is C13H17N3S. The second kappa shape index (κ2) is 5.29. The minimum Gasteiger partial charge on any atom is -0.375 e. The Balaban J connectivity index is 1.95. The summed E-state index contributed by atoms with van der Waals surface area (Å²) in [6.07, 6.45) is 0. The van der Waals surface area contributed by atoms with Crippen LogP contribution >= 0.6 is 11.3 Å². The average Bonchev–Trinajstić information content (AvgIpc) is 2.63. The number of aryl methyl sites for hydroxylation is 1. The van der Waals surface area contributed by atoms with Gasteiger partial charge in [-0.05, 0) is 19.5 Å². The first-order chi connectivity index (χ1) is 8.13. The molecule has 0 spiro atoms. The highest BCUT2D eigenvalue weighted by Crippen LogP contribution is 2.14. The van der Waals surface area contributed by atoms with Gasteiger partial charge in [-0.25, -0.2) is 4.98 Å². The molecule has 1 heterocycles. The normalized spacial score (nSPS) is 11.0. The molecule has 2 aromatic rings. The summed E-state index contributed by atoms with van der Waals surface area (Å²) in [6.45, 7) is 3.88. The van der Waals surface area contributed by atoms with E-state index in [0.717, 1.165) is 18.8 Å². The molecule has 1 aromatic heterocycles. The van der Waals surface area contributed by atoms with Gasteiger partial charge in [-0.1, -0.05) is 29.8 Å². The minimum absolute atomic E-state index is 0.643. The first-order valence-corrected chi connectivity index (χ1v) is 6.45. The van der Waals surface area contributed by atoms with E-state index in [1.807, 2.05) is 5.38 Å². The molecule has 0 fully saturated rings. The standard InChI is InChI=1S/C13H17N3S/c1-10-4-3-5-11(6-10)7-16(2)8-12-9-17-13(14)15-12/h3-6,9H,7-8H2,1-2H3,(H2,14,15). The van der Waals surface area contributed by atoms with Crippen LogP contribution in [0.3, 0.4) is 0 Å². The van der Waals surface area contributed by atoms with E-state index in [1.54, 1.807) is 0 Å². The predicted octanol–water partition coefficient (Wildman–Crippen LogP) is 2.67. The van der Waals surface area contributed by atoms with E-state index in [0.29, 0.717) is 5.13 Å². The highest BCUT2D eigenvalue weighted by Gasteiger charge is 2.04. The lowest BCUT2D eigenvalue weighted by Gasteiger charge is -2.15. The fourth-order valence-corrected chi connectivity index (χ4v) is 2.40. The third-order valence-corrected chi connectivity index (χ3v) is 3.26. The van der Waals surface area contributed by atoms with Gasteiger partial charge in [0.25, 0.3) is 0 Å². The van der Waals surface area contributed by atoms with Crippen LogP contribution in [-0.2, 0) is 13.1 Å². The summed E-state index contributed by atoms with van der Waals surface area (Å²) in [5.41, 5.74) is 9.29. The summed E-state index contributed by atoms with van der Waals surface area (Å²) in [7, 11) is 2.10. The topological polar surface area (TPSA) is 42.1 Å². The zero-order valence-corrected chi connectivity index (χ0v) is 11.0. The zero-order chi connectivity index (χ0) is 12.3. The Bertz CT molecular complexity index is 493. The quantitative estimate of drug-likeness (QED) is 0.903. The van der Waals surface area contributed by atoms with Crippen molar-refractivity contribution in [2.24, 2.45) is 0 Å². The van der Waals surface area contributed by atoms with Gasteiger partial charge >= 0.3 is 0 Å². The average molecular weight is 247 g/mol. The number of hydrogen-bond donors (Lipinski definition) is 1. The highest BCUT2D eigenvalue weighted by atomic mass is 32.1.